The Morgan fingerprint density at radius 1 is 1.15 bits per heavy atom. The molecule has 0 radical (unpaired) electrons. The van der Waals surface area contributed by atoms with E-state index < -0.39 is 6.10 Å². The summed E-state index contributed by atoms with van der Waals surface area (Å²) in [7, 11) is 0. The highest BCUT2D eigenvalue weighted by molar-refractivity contribution is 5.14. The zero-order valence-corrected chi connectivity index (χ0v) is 11.8. The van der Waals surface area contributed by atoms with Gasteiger partial charge in [-0.1, -0.05) is 48.3 Å². The van der Waals surface area contributed by atoms with E-state index in [-0.39, 0.29) is 13.2 Å². The molecule has 0 fully saturated rings. The maximum absolute atomic E-state index is 9.36. The lowest BCUT2D eigenvalue weighted by Crippen LogP contribution is -2.18. The SMILES string of the molecule is [N-]=[N+]=NCC(O)COCCCCCCc1ccccc1. The summed E-state index contributed by atoms with van der Waals surface area (Å²) in [6.45, 7) is 0.968. The predicted molar refractivity (Wildman–Crippen MR) is 79.5 cm³/mol. The van der Waals surface area contributed by atoms with Gasteiger partial charge in [0.05, 0.1) is 19.3 Å². The maximum atomic E-state index is 9.36. The fraction of sp³-hybridized carbons (Fsp3) is 0.600. The lowest BCUT2D eigenvalue weighted by molar-refractivity contribution is 0.0397. The van der Waals surface area contributed by atoms with Crippen molar-refractivity contribution in [1.82, 2.24) is 0 Å². The molecule has 0 heterocycles. The molecule has 0 bridgehead atoms. The van der Waals surface area contributed by atoms with E-state index in [1.807, 2.05) is 6.07 Å². The van der Waals surface area contributed by atoms with Crippen LogP contribution in [0, 0.1) is 0 Å². The number of benzene rings is 1. The monoisotopic (exact) mass is 277 g/mol. The number of nitrogens with zero attached hydrogens (tertiary/aromatic N) is 3. The van der Waals surface area contributed by atoms with Crippen molar-refractivity contribution in [2.45, 2.75) is 38.2 Å². The third-order valence-electron chi connectivity index (χ3n) is 3.01. The summed E-state index contributed by atoms with van der Waals surface area (Å²) in [4.78, 5) is 2.59. The highest BCUT2D eigenvalue weighted by Crippen LogP contribution is 2.07. The smallest absolute Gasteiger partial charge is 0.0829 e. The van der Waals surface area contributed by atoms with Crippen LogP contribution in [-0.2, 0) is 11.2 Å². The van der Waals surface area contributed by atoms with E-state index in [9.17, 15) is 5.11 Å². The molecule has 1 unspecified atom stereocenters. The Morgan fingerprint density at radius 2 is 1.90 bits per heavy atom. The van der Waals surface area contributed by atoms with Gasteiger partial charge in [0.25, 0.3) is 0 Å². The lowest BCUT2D eigenvalue weighted by atomic mass is 10.1. The predicted octanol–water partition coefficient (Wildman–Crippen LogP) is 3.48. The molecule has 0 spiro atoms. The maximum Gasteiger partial charge on any atom is 0.0829 e. The van der Waals surface area contributed by atoms with E-state index in [0.29, 0.717) is 6.61 Å². The Labute approximate surface area is 120 Å². The lowest BCUT2D eigenvalue weighted by Gasteiger charge is -2.08. The average Bonchev–Trinajstić information content (AvgIpc) is 2.49. The van der Waals surface area contributed by atoms with Crippen LogP contribution < -0.4 is 0 Å². The molecule has 1 aromatic rings. The highest BCUT2D eigenvalue weighted by Gasteiger charge is 2.01. The molecule has 1 atom stereocenters. The number of aryl methyl sites for hydroxylation is 1. The molecule has 0 saturated heterocycles. The van der Waals surface area contributed by atoms with Crippen molar-refractivity contribution < 1.29 is 9.84 Å². The van der Waals surface area contributed by atoms with Crippen molar-refractivity contribution in [3.05, 3.63) is 46.3 Å². The van der Waals surface area contributed by atoms with Gasteiger partial charge in [0.15, 0.2) is 0 Å². The summed E-state index contributed by atoms with van der Waals surface area (Å²) in [6, 6.07) is 10.5. The van der Waals surface area contributed by atoms with Gasteiger partial charge in [-0.3, -0.25) is 0 Å². The number of azide groups is 1. The zero-order valence-electron chi connectivity index (χ0n) is 11.8. The Morgan fingerprint density at radius 3 is 2.65 bits per heavy atom. The second-order valence-electron chi connectivity index (χ2n) is 4.79. The first-order chi connectivity index (χ1) is 9.83. The molecular formula is C15H23N3O2. The first-order valence-electron chi connectivity index (χ1n) is 7.13. The zero-order chi connectivity index (χ0) is 14.5. The minimum Gasteiger partial charge on any atom is -0.391 e. The van der Waals surface area contributed by atoms with Gasteiger partial charge in [0, 0.05) is 11.5 Å². The first-order valence-corrected chi connectivity index (χ1v) is 7.13. The van der Waals surface area contributed by atoms with Gasteiger partial charge in [0.1, 0.15) is 0 Å². The number of aliphatic hydroxyl groups is 1. The molecule has 0 saturated carbocycles. The first kappa shape index (κ1) is 16.5. The van der Waals surface area contributed by atoms with Crippen LogP contribution in [0.2, 0.25) is 0 Å². The molecule has 0 aliphatic heterocycles. The Hall–Kier alpha value is -1.55. The number of unbranched alkanes of at least 4 members (excludes halogenated alkanes) is 3. The number of aliphatic hydroxyl groups excluding tert-OH is 1. The van der Waals surface area contributed by atoms with Crippen LogP contribution in [0.5, 0.6) is 0 Å². The Bertz CT molecular complexity index is 391. The van der Waals surface area contributed by atoms with E-state index >= 15 is 0 Å². The minimum absolute atomic E-state index is 0.0770. The molecule has 1 N–H and O–H groups in total. The van der Waals surface area contributed by atoms with Crippen LogP contribution in [0.25, 0.3) is 10.4 Å². The van der Waals surface area contributed by atoms with Crippen molar-refractivity contribution >= 4 is 0 Å². The van der Waals surface area contributed by atoms with Crippen molar-refractivity contribution in [2.75, 3.05) is 19.8 Å². The van der Waals surface area contributed by atoms with Gasteiger partial charge in [0.2, 0.25) is 0 Å². The third kappa shape index (κ3) is 8.53. The largest absolute Gasteiger partial charge is 0.391 e. The van der Waals surface area contributed by atoms with Gasteiger partial charge < -0.3 is 9.84 Å². The van der Waals surface area contributed by atoms with Crippen LogP contribution in [0.3, 0.4) is 0 Å². The van der Waals surface area contributed by atoms with Gasteiger partial charge in [-0.05, 0) is 30.4 Å². The summed E-state index contributed by atoms with van der Waals surface area (Å²) in [5.41, 5.74) is 9.49. The normalized spacial score (nSPS) is 11.8. The number of ether oxygens (including phenoxy) is 1. The summed E-state index contributed by atoms with van der Waals surface area (Å²) in [5, 5.41) is 12.6. The third-order valence-corrected chi connectivity index (χ3v) is 3.01. The van der Waals surface area contributed by atoms with E-state index in [4.69, 9.17) is 10.3 Å². The summed E-state index contributed by atoms with van der Waals surface area (Å²) >= 11 is 0. The van der Waals surface area contributed by atoms with E-state index in [1.165, 1.54) is 18.4 Å². The van der Waals surface area contributed by atoms with Crippen LogP contribution in [0.15, 0.2) is 35.4 Å². The molecule has 5 nitrogen and oxygen atoms in total. The van der Waals surface area contributed by atoms with E-state index in [1.54, 1.807) is 0 Å². The van der Waals surface area contributed by atoms with Crippen LogP contribution in [0.4, 0.5) is 0 Å². The second-order valence-corrected chi connectivity index (χ2v) is 4.79. The standard InChI is InChI=1S/C15H23N3O2/c16-18-17-12-15(19)13-20-11-7-2-1-4-8-14-9-5-3-6-10-14/h3,5-6,9-10,15,19H,1-2,4,7-8,11-13H2. The fourth-order valence-corrected chi connectivity index (χ4v) is 1.93. The summed E-state index contributed by atoms with van der Waals surface area (Å²) in [6.07, 6.45) is 4.97. The van der Waals surface area contributed by atoms with Crippen LogP contribution in [0.1, 0.15) is 31.2 Å². The minimum atomic E-state index is -0.691. The molecular weight excluding hydrogens is 254 g/mol. The molecule has 110 valence electrons. The topological polar surface area (TPSA) is 78.2 Å². The number of rotatable bonds is 11. The summed E-state index contributed by atoms with van der Waals surface area (Å²) < 4.78 is 5.32. The molecule has 20 heavy (non-hydrogen) atoms. The van der Waals surface area contributed by atoms with Gasteiger partial charge in [-0.25, -0.2) is 0 Å². The second kappa shape index (κ2) is 11.3. The molecule has 1 rings (SSSR count). The number of hydrogen-bond donors (Lipinski definition) is 1. The van der Waals surface area contributed by atoms with Crippen molar-refractivity contribution in [2.24, 2.45) is 5.11 Å². The fourth-order valence-electron chi connectivity index (χ4n) is 1.93. The molecule has 0 aliphatic rings. The van der Waals surface area contributed by atoms with Crippen LogP contribution in [-0.4, -0.2) is 31.0 Å². The summed E-state index contributed by atoms with van der Waals surface area (Å²) in [5.74, 6) is 0. The van der Waals surface area contributed by atoms with Crippen molar-refractivity contribution in [3.63, 3.8) is 0 Å². The van der Waals surface area contributed by atoms with Gasteiger partial charge in [-0.15, -0.1) is 0 Å². The molecule has 5 heteroatoms. The Kier molecular flexibility index (Phi) is 9.32. The van der Waals surface area contributed by atoms with E-state index in [0.717, 1.165) is 19.3 Å². The molecule has 0 aromatic heterocycles. The van der Waals surface area contributed by atoms with Gasteiger partial charge >= 0.3 is 0 Å². The molecule has 0 amide bonds. The highest BCUT2D eigenvalue weighted by atomic mass is 16.5. The van der Waals surface area contributed by atoms with E-state index in [2.05, 4.69) is 34.3 Å². The van der Waals surface area contributed by atoms with Gasteiger partial charge in [-0.2, -0.15) is 0 Å². The molecule has 1 aromatic carbocycles. The number of hydrogen-bond acceptors (Lipinski definition) is 3. The van der Waals surface area contributed by atoms with Crippen LogP contribution >= 0.6 is 0 Å². The van der Waals surface area contributed by atoms with Crippen molar-refractivity contribution in [1.29, 1.82) is 0 Å². The molecule has 0 aliphatic carbocycles. The quantitative estimate of drug-likeness (QED) is 0.291. The Balaban J connectivity index is 1.89. The van der Waals surface area contributed by atoms with Crippen molar-refractivity contribution in [3.8, 4) is 0 Å². The average molecular weight is 277 g/mol.